The first kappa shape index (κ1) is 29.0. The molecule has 2 unspecified atom stereocenters. The van der Waals surface area contributed by atoms with E-state index in [0.29, 0.717) is 29.7 Å². The Morgan fingerprint density at radius 2 is 1.68 bits per heavy atom. The number of para-hydroxylation sites is 1. The lowest BCUT2D eigenvalue weighted by molar-refractivity contribution is -0.146. The van der Waals surface area contributed by atoms with Gasteiger partial charge >= 0.3 is 6.09 Å². The van der Waals surface area contributed by atoms with Gasteiger partial charge in [-0.25, -0.2) is 4.79 Å². The van der Waals surface area contributed by atoms with E-state index in [1.54, 1.807) is 39.8 Å². The third-order valence-corrected chi connectivity index (χ3v) is 6.69. The number of phenolic OH excluding ortho intramolecular Hbond substituents is 1. The lowest BCUT2D eigenvalue weighted by atomic mass is 9.87. The van der Waals surface area contributed by atoms with Crippen LogP contribution in [0.25, 0.3) is 0 Å². The van der Waals surface area contributed by atoms with Crippen LogP contribution in [0.4, 0.5) is 10.5 Å². The Balaban J connectivity index is 2.04. The highest BCUT2D eigenvalue weighted by molar-refractivity contribution is 6.00. The number of amides is 3. The van der Waals surface area contributed by atoms with Crippen molar-refractivity contribution in [1.82, 2.24) is 10.2 Å². The summed E-state index contributed by atoms with van der Waals surface area (Å²) in [7, 11) is 0. The van der Waals surface area contributed by atoms with Crippen molar-refractivity contribution >= 4 is 23.6 Å². The van der Waals surface area contributed by atoms with Gasteiger partial charge in [-0.15, -0.1) is 0 Å². The molecule has 0 aromatic heterocycles. The van der Waals surface area contributed by atoms with Crippen molar-refractivity contribution in [3.8, 4) is 5.75 Å². The van der Waals surface area contributed by atoms with Gasteiger partial charge in [0.2, 0.25) is 5.91 Å². The predicted octanol–water partition coefficient (Wildman–Crippen LogP) is 4.26. The van der Waals surface area contributed by atoms with Crippen molar-refractivity contribution in [2.24, 2.45) is 0 Å². The van der Waals surface area contributed by atoms with E-state index in [1.807, 2.05) is 32.0 Å². The Hall–Kier alpha value is -3.59. The minimum atomic E-state index is -1.31. The topological polar surface area (TPSA) is 128 Å². The van der Waals surface area contributed by atoms with Crippen LogP contribution in [-0.4, -0.2) is 57.3 Å². The fourth-order valence-electron chi connectivity index (χ4n) is 4.49. The molecule has 3 amide bonds. The molecule has 1 saturated carbocycles. The molecule has 0 aliphatic heterocycles. The molecule has 0 heterocycles. The van der Waals surface area contributed by atoms with Gasteiger partial charge in [0.15, 0.2) is 0 Å². The second-order valence-corrected chi connectivity index (χ2v) is 10.9. The maximum atomic E-state index is 14.0. The number of aryl methyl sites for hydroxylation is 3. The molecule has 3 rings (SSSR count). The van der Waals surface area contributed by atoms with Gasteiger partial charge in [-0.1, -0.05) is 24.3 Å². The lowest BCUT2D eigenvalue weighted by Crippen LogP contribution is -2.58. The van der Waals surface area contributed by atoms with E-state index < -0.39 is 42.2 Å². The van der Waals surface area contributed by atoms with Crippen LogP contribution in [0.3, 0.4) is 0 Å². The van der Waals surface area contributed by atoms with Crippen molar-refractivity contribution in [2.75, 3.05) is 11.9 Å². The molecule has 4 N–H and O–H groups in total. The second kappa shape index (κ2) is 11.9. The SMILES string of the molecule is Cc1cc(C(C(=O)Nc2c(C)cccc2C)N(C(=O)C(CO)NC(=O)OC(C)(C)C)C2CCC2)ccc1O. The molecule has 0 radical (unpaired) electrons. The lowest BCUT2D eigenvalue weighted by Gasteiger charge is -2.43. The number of aliphatic hydroxyl groups excluding tert-OH is 1. The van der Waals surface area contributed by atoms with E-state index >= 15 is 0 Å². The van der Waals surface area contributed by atoms with Crippen molar-refractivity contribution < 1.29 is 29.3 Å². The van der Waals surface area contributed by atoms with E-state index in [1.165, 1.54) is 11.0 Å². The summed E-state index contributed by atoms with van der Waals surface area (Å²) in [6.45, 7) is 9.93. The molecule has 38 heavy (non-hydrogen) atoms. The van der Waals surface area contributed by atoms with E-state index in [0.717, 1.165) is 17.5 Å². The number of alkyl carbamates (subject to hydrolysis) is 1. The Morgan fingerprint density at radius 1 is 1.05 bits per heavy atom. The summed E-state index contributed by atoms with van der Waals surface area (Å²) in [5.41, 5.74) is 2.68. The first-order valence-corrected chi connectivity index (χ1v) is 12.9. The molecule has 0 saturated heterocycles. The van der Waals surface area contributed by atoms with Crippen molar-refractivity contribution in [2.45, 2.75) is 84.5 Å². The summed E-state index contributed by atoms with van der Waals surface area (Å²) in [6.07, 6.45) is 1.41. The zero-order valence-electron chi connectivity index (χ0n) is 23.0. The molecule has 0 bridgehead atoms. The number of nitrogens with zero attached hydrogens (tertiary/aromatic N) is 1. The van der Waals surface area contributed by atoms with E-state index in [4.69, 9.17) is 4.74 Å². The minimum absolute atomic E-state index is 0.0732. The summed E-state index contributed by atoms with van der Waals surface area (Å²) in [4.78, 5) is 41.8. The van der Waals surface area contributed by atoms with Crippen LogP contribution in [0.1, 0.15) is 68.3 Å². The van der Waals surface area contributed by atoms with Gasteiger partial charge in [-0.3, -0.25) is 9.59 Å². The number of ether oxygens (including phenoxy) is 1. The quantitative estimate of drug-likeness (QED) is 0.408. The van der Waals surface area contributed by atoms with Gasteiger partial charge in [0.05, 0.1) is 6.61 Å². The number of aromatic hydroxyl groups is 1. The fourth-order valence-corrected chi connectivity index (χ4v) is 4.49. The number of anilines is 1. The molecule has 9 nitrogen and oxygen atoms in total. The van der Waals surface area contributed by atoms with E-state index in [9.17, 15) is 24.6 Å². The second-order valence-electron chi connectivity index (χ2n) is 10.9. The van der Waals surface area contributed by atoms with E-state index in [2.05, 4.69) is 10.6 Å². The Bertz CT molecular complexity index is 1170. The molecule has 9 heteroatoms. The van der Waals surface area contributed by atoms with Crippen LogP contribution in [0.5, 0.6) is 5.75 Å². The first-order chi connectivity index (χ1) is 17.8. The molecule has 2 aromatic carbocycles. The fraction of sp³-hybridized carbons (Fsp3) is 0.483. The molecule has 2 atom stereocenters. The van der Waals surface area contributed by atoms with Crippen molar-refractivity contribution in [3.05, 3.63) is 58.7 Å². The molecule has 2 aromatic rings. The number of carbonyl (C=O) groups excluding carboxylic acids is 3. The standard InChI is InChI=1S/C29H39N3O6/c1-17-9-7-10-18(2)24(17)31-26(35)25(20-13-14-23(34)19(3)15-20)32(21-11-8-12-21)27(36)22(16-33)30-28(37)38-29(4,5)6/h7,9-10,13-15,21-22,25,33-34H,8,11-12,16H2,1-6H3,(H,30,37)(H,31,35). The molecule has 1 aliphatic carbocycles. The molecular weight excluding hydrogens is 486 g/mol. The summed E-state index contributed by atoms with van der Waals surface area (Å²) < 4.78 is 5.29. The van der Waals surface area contributed by atoms with Gasteiger partial charge < -0.3 is 30.5 Å². The van der Waals surface area contributed by atoms with Crippen LogP contribution < -0.4 is 10.6 Å². The maximum Gasteiger partial charge on any atom is 0.408 e. The highest BCUT2D eigenvalue weighted by Crippen LogP contribution is 2.36. The zero-order chi connectivity index (χ0) is 28.2. The summed E-state index contributed by atoms with van der Waals surface area (Å²) in [5, 5.41) is 25.7. The van der Waals surface area contributed by atoms with E-state index in [-0.39, 0.29) is 11.8 Å². The minimum Gasteiger partial charge on any atom is -0.508 e. The summed E-state index contributed by atoms with van der Waals surface area (Å²) >= 11 is 0. The van der Waals surface area contributed by atoms with Gasteiger partial charge in [0, 0.05) is 11.7 Å². The van der Waals surface area contributed by atoms with Crippen LogP contribution in [0.15, 0.2) is 36.4 Å². The molecule has 206 valence electrons. The normalized spacial score (nSPS) is 15.1. The van der Waals surface area contributed by atoms with Gasteiger partial charge in [-0.05, 0) is 95.2 Å². The number of nitrogens with one attached hydrogen (secondary N) is 2. The highest BCUT2D eigenvalue weighted by atomic mass is 16.6. The summed E-state index contributed by atoms with van der Waals surface area (Å²) in [5.74, 6) is -0.943. The van der Waals surface area contributed by atoms with Crippen LogP contribution in [0.2, 0.25) is 0 Å². The molecule has 1 fully saturated rings. The number of hydrogen-bond donors (Lipinski definition) is 4. The Kier molecular flexibility index (Phi) is 9.04. The molecule has 0 spiro atoms. The predicted molar refractivity (Wildman–Crippen MR) is 145 cm³/mol. The first-order valence-electron chi connectivity index (χ1n) is 12.9. The highest BCUT2D eigenvalue weighted by Gasteiger charge is 2.42. The average Bonchev–Trinajstić information content (AvgIpc) is 2.79. The monoisotopic (exact) mass is 525 g/mol. The number of hydrogen-bond acceptors (Lipinski definition) is 6. The number of rotatable bonds is 8. The largest absolute Gasteiger partial charge is 0.508 e. The summed E-state index contributed by atoms with van der Waals surface area (Å²) in [6, 6.07) is 7.84. The van der Waals surface area contributed by atoms with Gasteiger partial charge in [0.25, 0.3) is 5.91 Å². The average molecular weight is 526 g/mol. The van der Waals surface area contributed by atoms with Crippen molar-refractivity contribution in [1.29, 1.82) is 0 Å². The van der Waals surface area contributed by atoms with Crippen molar-refractivity contribution in [3.63, 3.8) is 0 Å². The molecule has 1 aliphatic rings. The van der Waals surface area contributed by atoms with Crippen LogP contribution in [0, 0.1) is 20.8 Å². The Morgan fingerprint density at radius 3 is 2.18 bits per heavy atom. The number of phenols is 1. The third-order valence-electron chi connectivity index (χ3n) is 6.69. The zero-order valence-corrected chi connectivity index (χ0v) is 23.0. The number of carbonyl (C=O) groups is 3. The number of aliphatic hydroxyl groups is 1. The van der Waals surface area contributed by atoms with Gasteiger partial charge in [-0.2, -0.15) is 0 Å². The number of benzene rings is 2. The van der Waals surface area contributed by atoms with Gasteiger partial charge in [0.1, 0.15) is 23.4 Å². The maximum absolute atomic E-state index is 14.0. The van der Waals surface area contributed by atoms with Crippen LogP contribution >= 0.6 is 0 Å². The Labute approximate surface area is 224 Å². The smallest absolute Gasteiger partial charge is 0.408 e. The third kappa shape index (κ3) is 6.83. The molecular formula is C29H39N3O6. The van der Waals surface area contributed by atoms with Crippen LogP contribution in [-0.2, 0) is 14.3 Å².